The average molecular weight is 493 g/mol. The normalized spacial score (nSPS) is 16.6. The van der Waals surface area contributed by atoms with Gasteiger partial charge in [-0.3, -0.25) is 4.79 Å². The standard InChI is InChI=1S/C24H32N2O7S/c1-25(15-17-13-21(31-3)23(33-5)22(14-17)32-4)24(27)18-7-6-12-26(16-18)34(28,29)20-10-8-19(30-2)9-11-20/h8-11,13-14,18H,6-7,12,15-16H2,1-5H3. The molecule has 2 aromatic carbocycles. The van der Waals surface area contributed by atoms with Crippen molar-refractivity contribution in [3.63, 3.8) is 0 Å². The summed E-state index contributed by atoms with van der Waals surface area (Å²) in [6.45, 7) is 0.846. The maximum Gasteiger partial charge on any atom is 0.243 e. The first-order chi connectivity index (χ1) is 16.2. The molecule has 0 saturated carbocycles. The zero-order chi connectivity index (χ0) is 24.9. The van der Waals surface area contributed by atoms with Crippen molar-refractivity contribution in [2.24, 2.45) is 5.92 Å². The molecule has 186 valence electrons. The van der Waals surface area contributed by atoms with Crippen LogP contribution in [0.1, 0.15) is 18.4 Å². The highest BCUT2D eigenvalue weighted by molar-refractivity contribution is 7.89. The first kappa shape index (κ1) is 25.6. The van der Waals surface area contributed by atoms with Gasteiger partial charge in [-0.05, 0) is 54.8 Å². The Balaban J connectivity index is 1.73. The van der Waals surface area contributed by atoms with E-state index in [1.165, 1.54) is 44.9 Å². The van der Waals surface area contributed by atoms with Crippen molar-refractivity contribution in [3.05, 3.63) is 42.0 Å². The number of benzene rings is 2. The number of amides is 1. The van der Waals surface area contributed by atoms with E-state index in [2.05, 4.69) is 0 Å². The van der Waals surface area contributed by atoms with Gasteiger partial charge in [0.25, 0.3) is 0 Å². The van der Waals surface area contributed by atoms with Gasteiger partial charge in [0.05, 0.1) is 39.3 Å². The van der Waals surface area contributed by atoms with Gasteiger partial charge < -0.3 is 23.8 Å². The van der Waals surface area contributed by atoms with E-state index in [-0.39, 0.29) is 17.3 Å². The third-order valence-electron chi connectivity index (χ3n) is 5.95. The largest absolute Gasteiger partial charge is 0.497 e. The minimum atomic E-state index is -3.70. The van der Waals surface area contributed by atoms with Crippen molar-refractivity contribution in [1.82, 2.24) is 9.21 Å². The summed E-state index contributed by atoms with van der Waals surface area (Å²) in [5.41, 5.74) is 0.809. The molecule has 1 heterocycles. The van der Waals surface area contributed by atoms with Crippen LogP contribution in [-0.4, -0.2) is 72.1 Å². The molecule has 1 saturated heterocycles. The highest BCUT2D eigenvalue weighted by Gasteiger charge is 2.34. The summed E-state index contributed by atoms with van der Waals surface area (Å²) < 4.78 is 48.9. The maximum atomic E-state index is 13.2. The summed E-state index contributed by atoms with van der Waals surface area (Å²) in [6, 6.07) is 9.88. The van der Waals surface area contributed by atoms with E-state index in [0.717, 1.165) is 5.56 Å². The van der Waals surface area contributed by atoms with Gasteiger partial charge in [-0.2, -0.15) is 4.31 Å². The molecular weight excluding hydrogens is 460 g/mol. The number of hydrogen-bond donors (Lipinski definition) is 0. The van der Waals surface area contributed by atoms with Gasteiger partial charge in [0.15, 0.2) is 11.5 Å². The summed E-state index contributed by atoms with van der Waals surface area (Å²) in [4.78, 5) is 15.0. The molecule has 1 fully saturated rings. The molecule has 34 heavy (non-hydrogen) atoms. The summed E-state index contributed by atoms with van der Waals surface area (Å²) in [6.07, 6.45) is 1.25. The van der Waals surface area contributed by atoms with Gasteiger partial charge >= 0.3 is 0 Å². The second-order valence-corrected chi connectivity index (χ2v) is 10.0. The van der Waals surface area contributed by atoms with Gasteiger partial charge in [0, 0.05) is 26.7 Å². The average Bonchev–Trinajstić information content (AvgIpc) is 2.87. The number of carbonyl (C=O) groups is 1. The van der Waals surface area contributed by atoms with Crippen LogP contribution in [0.3, 0.4) is 0 Å². The second-order valence-electron chi connectivity index (χ2n) is 8.11. The quantitative estimate of drug-likeness (QED) is 0.531. The van der Waals surface area contributed by atoms with Crippen LogP contribution in [0.15, 0.2) is 41.3 Å². The van der Waals surface area contributed by atoms with E-state index in [0.29, 0.717) is 48.9 Å². The molecule has 0 radical (unpaired) electrons. The lowest BCUT2D eigenvalue weighted by molar-refractivity contribution is -0.135. The van der Waals surface area contributed by atoms with Crippen LogP contribution in [0.2, 0.25) is 0 Å². The highest BCUT2D eigenvalue weighted by atomic mass is 32.2. The third-order valence-corrected chi connectivity index (χ3v) is 7.83. The van der Waals surface area contributed by atoms with Gasteiger partial charge in [-0.25, -0.2) is 8.42 Å². The number of ether oxygens (including phenoxy) is 4. The van der Waals surface area contributed by atoms with Crippen LogP contribution in [0.25, 0.3) is 0 Å². The Morgan fingerprint density at radius 2 is 1.62 bits per heavy atom. The molecule has 1 aliphatic heterocycles. The van der Waals surface area contributed by atoms with Gasteiger partial charge in [-0.1, -0.05) is 0 Å². The minimum absolute atomic E-state index is 0.108. The number of methoxy groups -OCH3 is 4. The minimum Gasteiger partial charge on any atom is -0.497 e. The van der Waals surface area contributed by atoms with E-state index in [1.807, 2.05) is 0 Å². The fourth-order valence-electron chi connectivity index (χ4n) is 4.15. The van der Waals surface area contributed by atoms with Crippen LogP contribution in [0, 0.1) is 5.92 Å². The number of nitrogens with zero attached hydrogens (tertiary/aromatic N) is 2. The Labute approximate surface area is 201 Å². The highest BCUT2D eigenvalue weighted by Crippen LogP contribution is 2.38. The second kappa shape index (κ2) is 11.0. The van der Waals surface area contributed by atoms with E-state index in [4.69, 9.17) is 18.9 Å². The predicted molar refractivity (Wildman–Crippen MR) is 127 cm³/mol. The molecular formula is C24H32N2O7S. The van der Waals surface area contributed by atoms with Crippen molar-refractivity contribution in [1.29, 1.82) is 0 Å². The van der Waals surface area contributed by atoms with Gasteiger partial charge in [0.2, 0.25) is 21.7 Å². The Morgan fingerprint density at radius 3 is 2.15 bits per heavy atom. The molecule has 0 aliphatic carbocycles. The van der Waals surface area contributed by atoms with Crippen LogP contribution < -0.4 is 18.9 Å². The first-order valence-electron chi connectivity index (χ1n) is 10.9. The zero-order valence-corrected chi connectivity index (χ0v) is 21.1. The molecule has 0 aromatic heterocycles. The van der Waals surface area contributed by atoms with Crippen molar-refractivity contribution >= 4 is 15.9 Å². The summed E-state index contributed by atoms with van der Waals surface area (Å²) >= 11 is 0. The number of carbonyl (C=O) groups excluding carboxylic acids is 1. The fourth-order valence-corrected chi connectivity index (χ4v) is 5.67. The number of rotatable bonds is 9. The molecule has 0 spiro atoms. The molecule has 0 N–H and O–H groups in total. The molecule has 1 unspecified atom stereocenters. The molecule has 2 aromatic rings. The third kappa shape index (κ3) is 5.39. The number of piperidine rings is 1. The molecule has 3 rings (SSSR count). The molecule has 9 nitrogen and oxygen atoms in total. The van der Waals surface area contributed by atoms with Crippen LogP contribution in [-0.2, 0) is 21.4 Å². The van der Waals surface area contributed by atoms with E-state index >= 15 is 0 Å². The molecule has 1 aliphatic rings. The molecule has 1 atom stereocenters. The SMILES string of the molecule is COc1ccc(S(=O)(=O)N2CCCC(C(=O)N(C)Cc3cc(OC)c(OC)c(OC)c3)C2)cc1. The van der Waals surface area contributed by atoms with Gasteiger partial charge in [0.1, 0.15) is 5.75 Å². The van der Waals surface area contributed by atoms with E-state index in [1.54, 1.807) is 36.2 Å². The molecule has 10 heteroatoms. The van der Waals surface area contributed by atoms with Gasteiger partial charge in [-0.15, -0.1) is 0 Å². The number of sulfonamides is 1. The number of hydrogen-bond acceptors (Lipinski definition) is 7. The lowest BCUT2D eigenvalue weighted by Crippen LogP contribution is -2.45. The van der Waals surface area contributed by atoms with Crippen molar-refractivity contribution < 1.29 is 32.2 Å². The Hall–Kier alpha value is -2.98. The molecule has 0 bridgehead atoms. The van der Waals surface area contributed by atoms with E-state index < -0.39 is 15.9 Å². The Bertz CT molecular complexity index is 1080. The molecule has 1 amide bonds. The monoisotopic (exact) mass is 492 g/mol. The lowest BCUT2D eigenvalue weighted by Gasteiger charge is -2.33. The van der Waals surface area contributed by atoms with Crippen LogP contribution in [0.4, 0.5) is 0 Å². The topological polar surface area (TPSA) is 94.6 Å². The van der Waals surface area contributed by atoms with Crippen LogP contribution in [0.5, 0.6) is 23.0 Å². The lowest BCUT2D eigenvalue weighted by atomic mass is 9.98. The van der Waals surface area contributed by atoms with Crippen molar-refractivity contribution in [3.8, 4) is 23.0 Å². The summed E-state index contributed by atoms with van der Waals surface area (Å²) in [7, 11) is 4.14. The summed E-state index contributed by atoms with van der Waals surface area (Å²) in [5, 5.41) is 0. The zero-order valence-electron chi connectivity index (χ0n) is 20.2. The smallest absolute Gasteiger partial charge is 0.243 e. The van der Waals surface area contributed by atoms with E-state index in [9.17, 15) is 13.2 Å². The van der Waals surface area contributed by atoms with Crippen LogP contribution >= 0.6 is 0 Å². The Morgan fingerprint density at radius 1 is 1.00 bits per heavy atom. The maximum absolute atomic E-state index is 13.2. The summed E-state index contributed by atoms with van der Waals surface area (Å²) in [5.74, 6) is 1.55. The van der Waals surface area contributed by atoms with Crippen molar-refractivity contribution in [2.45, 2.75) is 24.3 Å². The fraction of sp³-hybridized carbons (Fsp3) is 0.458. The Kier molecular flexibility index (Phi) is 8.27. The first-order valence-corrected chi connectivity index (χ1v) is 12.4. The van der Waals surface area contributed by atoms with Crippen molar-refractivity contribution in [2.75, 3.05) is 48.6 Å². The predicted octanol–water partition coefficient (Wildman–Crippen LogP) is 2.78.